The Bertz CT molecular complexity index is 709. The van der Waals surface area contributed by atoms with Crippen LogP contribution in [0, 0.1) is 0 Å². The molecule has 0 radical (unpaired) electrons. The number of aliphatic carboxylic acids is 1. The second kappa shape index (κ2) is 18.4. The van der Waals surface area contributed by atoms with Crippen molar-refractivity contribution in [2.24, 2.45) is 0 Å². The molecule has 6 nitrogen and oxygen atoms in total. The summed E-state index contributed by atoms with van der Waals surface area (Å²) in [6.07, 6.45) is 13.0. The van der Waals surface area contributed by atoms with Gasteiger partial charge in [0.15, 0.2) is 0 Å². The summed E-state index contributed by atoms with van der Waals surface area (Å²) >= 11 is 1.48. The molecule has 0 bridgehead atoms. The molecule has 0 aliphatic rings. The third kappa shape index (κ3) is 17.2. The fraction of sp³-hybridized carbons (Fsp3) is 0.654. The average molecular weight is 481 g/mol. The molecule has 0 aromatic rings. The van der Waals surface area contributed by atoms with Crippen LogP contribution in [0.4, 0.5) is 0 Å². The normalized spacial score (nSPS) is 13.8. The van der Waals surface area contributed by atoms with Crippen LogP contribution < -0.4 is 10.6 Å². The third-order valence-electron chi connectivity index (χ3n) is 5.11. The van der Waals surface area contributed by atoms with Crippen LogP contribution in [-0.4, -0.2) is 46.5 Å². The molecule has 0 aromatic heterocycles. The van der Waals surface area contributed by atoms with Crippen molar-refractivity contribution in [2.45, 2.75) is 98.6 Å². The highest BCUT2D eigenvalue weighted by Crippen LogP contribution is 2.13. The van der Waals surface area contributed by atoms with Crippen LogP contribution in [-0.2, 0) is 14.4 Å². The zero-order chi connectivity index (χ0) is 25.2. The largest absolute Gasteiger partial charge is 0.480 e. The van der Waals surface area contributed by atoms with Gasteiger partial charge < -0.3 is 15.7 Å². The van der Waals surface area contributed by atoms with Gasteiger partial charge in [0.2, 0.25) is 11.8 Å². The Morgan fingerprint density at radius 3 is 2.03 bits per heavy atom. The minimum Gasteiger partial charge on any atom is -0.480 e. The monoisotopic (exact) mass is 480 g/mol. The van der Waals surface area contributed by atoms with E-state index < -0.39 is 24.0 Å². The van der Waals surface area contributed by atoms with Gasteiger partial charge in [-0.15, -0.1) is 0 Å². The first kappa shape index (κ1) is 31.0. The zero-order valence-electron chi connectivity index (χ0n) is 21.3. The van der Waals surface area contributed by atoms with E-state index in [0.717, 1.165) is 38.5 Å². The Kier molecular flexibility index (Phi) is 17.3. The Balaban J connectivity index is 4.51. The number of allylic oxidation sites excluding steroid dienone is 5. The van der Waals surface area contributed by atoms with Crippen LogP contribution in [0.1, 0.15) is 86.5 Å². The average Bonchev–Trinajstić information content (AvgIpc) is 2.72. The first-order valence-electron chi connectivity index (χ1n) is 11.9. The second-order valence-corrected chi connectivity index (χ2v) is 9.87. The van der Waals surface area contributed by atoms with Gasteiger partial charge in [0.1, 0.15) is 12.1 Å². The number of hydrogen-bond acceptors (Lipinski definition) is 4. The number of thioether (sulfide) groups is 1. The summed E-state index contributed by atoms with van der Waals surface area (Å²) in [6.45, 7) is 11.9. The Hall–Kier alpha value is -2.02. The summed E-state index contributed by atoms with van der Waals surface area (Å²) in [6, 6.07) is -1.68. The van der Waals surface area contributed by atoms with Gasteiger partial charge in [-0.3, -0.25) is 9.59 Å². The molecule has 2 atom stereocenters. The minimum absolute atomic E-state index is 0.273. The van der Waals surface area contributed by atoms with E-state index in [4.69, 9.17) is 0 Å². The van der Waals surface area contributed by atoms with Crippen molar-refractivity contribution in [1.29, 1.82) is 0 Å². The van der Waals surface area contributed by atoms with Gasteiger partial charge in [-0.25, -0.2) is 4.79 Å². The first-order chi connectivity index (χ1) is 15.6. The van der Waals surface area contributed by atoms with Crippen molar-refractivity contribution in [1.82, 2.24) is 10.6 Å². The molecule has 1 unspecified atom stereocenters. The Morgan fingerprint density at radius 2 is 1.48 bits per heavy atom. The summed E-state index contributed by atoms with van der Waals surface area (Å²) in [5, 5.41) is 14.7. The number of amides is 2. The van der Waals surface area contributed by atoms with Crippen molar-refractivity contribution < 1.29 is 19.5 Å². The number of carbonyl (C=O) groups is 3. The van der Waals surface area contributed by atoms with Gasteiger partial charge in [0, 0.05) is 18.4 Å². The van der Waals surface area contributed by atoms with E-state index in [-0.39, 0.29) is 11.7 Å². The fourth-order valence-corrected chi connectivity index (χ4v) is 4.10. The van der Waals surface area contributed by atoms with Gasteiger partial charge in [-0.05, 0) is 59.8 Å². The predicted molar refractivity (Wildman–Crippen MR) is 139 cm³/mol. The van der Waals surface area contributed by atoms with E-state index in [1.165, 1.54) is 35.4 Å². The summed E-state index contributed by atoms with van der Waals surface area (Å²) < 4.78 is 0. The Labute approximate surface area is 204 Å². The minimum atomic E-state index is -1.07. The van der Waals surface area contributed by atoms with Crippen LogP contribution >= 0.6 is 11.8 Å². The molecule has 0 heterocycles. The van der Waals surface area contributed by atoms with E-state index in [0.29, 0.717) is 12.2 Å². The highest BCUT2D eigenvalue weighted by atomic mass is 32.2. The van der Waals surface area contributed by atoms with Crippen molar-refractivity contribution in [3.05, 3.63) is 34.9 Å². The molecule has 0 spiro atoms. The maximum Gasteiger partial charge on any atom is 0.327 e. The molecule has 33 heavy (non-hydrogen) atoms. The van der Waals surface area contributed by atoms with Gasteiger partial charge in [0.25, 0.3) is 0 Å². The smallest absolute Gasteiger partial charge is 0.327 e. The number of rotatable bonds is 17. The number of carbonyl (C=O) groups excluding carboxylic acids is 2. The van der Waals surface area contributed by atoms with Crippen LogP contribution in [0.3, 0.4) is 0 Å². The van der Waals surface area contributed by atoms with Crippen molar-refractivity contribution in [3.63, 3.8) is 0 Å². The van der Waals surface area contributed by atoms with Crippen molar-refractivity contribution in [3.8, 4) is 0 Å². The Morgan fingerprint density at radius 1 is 0.879 bits per heavy atom. The number of nitrogens with one attached hydrogen (secondary N) is 2. The van der Waals surface area contributed by atoms with E-state index in [1.807, 2.05) is 6.92 Å². The third-order valence-corrected chi connectivity index (χ3v) is 6.08. The van der Waals surface area contributed by atoms with Gasteiger partial charge >= 0.3 is 5.97 Å². The molecule has 0 saturated carbocycles. The number of carboxylic acid groups (broad SMARTS) is 1. The van der Waals surface area contributed by atoms with Gasteiger partial charge in [0.05, 0.1) is 0 Å². The predicted octanol–water partition coefficient (Wildman–Crippen LogP) is 5.40. The maximum absolute atomic E-state index is 12.5. The summed E-state index contributed by atoms with van der Waals surface area (Å²) in [5.74, 6) is -0.840. The highest BCUT2D eigenvalue weighted by molar-refractivity contribution is 7.99. The highest BCUT2D eigenvalue weighted by Gasteiger charge is 2.25. The topological polar surface area (TPSA) is 95.5 Å². The lowest BCUT2D eigenvalue weighted by Gasteiger charge is -2.20. The second-order valence-electron chi connectivity index (χ2n) is 8.79. The number of hydrogen-bond donors (Lipinski definition) is 3. The molecular weight excluding hydrogens is 436 g/mol. The lowest BCUT2D eigenvalue weighted by atomic mass is 10.1. The molecule has 0 aliphatic heterocycles. The van der Waals surface area contributed by atoms with Crippen molar-refractivity contribution >= 4 is 29.5 Å². The first-order valence-corrected chi connectivity index (χ1v) is 13.0. The lowest BCUT2D eigenvalue weighted by molar-refractivity contribution is -0.141. The summed E-state index contributed by atoms with van der Waals surface area (Å²) in [7, 11) is 0. The van der Waals surface area contributed by atoms with Gasteiger partial charge in [-0.1, -0.05) is 54.7 Å². The van der Waals surface area contributed by atoms with Crippen LogP contribution in [0.15, 0.2) is 34.9 Å². The standard InChI is InChI=1S/C26H44N2O4S/c1-7-8-15-23(27-22(6)29)25(30)28-24(26(31)32)18-33-17-16-21(5)14-10-13-20(4)12-9-11-19(2)3/h11,13,16,23-24H,7-10,12,14-15,17-18H2,1-6H3,(H,27,29)(H,28,30)(H,31,32)/b20-13+,21-16+/t23?,24-/m0/s1. The molecule has 188 valence electrons. The number of carboxylic acids is 1. The molecule has 0 aliphatic carbocycles. The van der Waals surface area contributed by atoms with E-state index in [1.54, 1.807) is 0 Å². The van der Waals surface area contributed by atoms with E-state index in [9.17, 15) is 19.5 Å². The zero-order valence-corrected chi connectivity index (χ0v) is 22.1. The number of unbranched alkanes of at least 4 members (excludes halogenated alkanes) is 1. The van der Waals surface area contributed by atoms with E-state index in [2.05, 4.69) is 56.6 Å². The molecular formula is C26H44N2O4S. The van der Waals surface area contributed by atoms with Crippen LogP contribution in [0.25, 0.3) is 0 Å². The lowest BCUT2D eigenvalue weighted by Crippen LogP contribution is -2.52. The van der Waals surface area contributed by atoms with E-state index >= 15 is 0 Å². The molecule has 3 N–H and O–H groups in total. The molecule has 0 fully saturated rings. The molecule has 2 amide bonds. The van der Waals surface area contributed by atoms with Crippen molar-refractivity contribution in [2.75, 3.05) is 11.5 Å². The summed E-state index contributed by atoms with van der Waals surface area (Å²) in [5.41, 5.74) is 4.04. The van der Waals surface area contributed by atoms with Crippen LogP contribution in [0.2, 0.25) is 0 Å². The SMILES string of the molecule is CCCCC(NC(C)=O)C(=O)N[C@@H](CSC/C=C(\C)CC/C=C(\C)CCC=C(C)C)C(=O)O. The molecule has 0 aromatic carbocycles. The fourth-order valence-electron chi connectivity index (χ4n) is 3.10. The van der Waals surface area contributed by atoms with Gasteiger partial charge in [-0.2, -0.15) is 11.8 Å². The molecule has 0 rings (SSSR count). The quantitative estimate of drug-likeness (QED) is 0.191. The molecule has 7 heteroatoms. The maximum atomic E-state index is 12.5. The molecule has 0 saturated heterocycles. The van der Waals surface area contributed by atoms with Crippen LogP contribution in [0.5, 0.6) is 0 Å². The summed E-state index contributed by atoms with van der Waals surface area (Å²) in [4.78, 5) is 35.5.